The summed E-state index contributed by atoms with van der Waals surface area (Å²) in [7, 11) is 0. The van der Waals surface area contributed by atoms with Crippen LogP contribution in [0.2, 0.25) is 0 Å². The summed E-state index contributed by atoms with van der Waals surface area (Å²) in [4.78, 5) is 4.43. The molecular weight excluding hydrogens is 336 g/mol. The minimum absolute atomic E-state index is 0.758. The Hall–Kier alpha value is -3.47. The van der Waals surface area contributed by atoms with E-state index in [-0.39, 0.29) is 0 Å². The Morgan fingerprint density at radius 1 is 0.963 bits per heavy atom. The molecule has 5 heteroatoms. The summed E-state index contributed by atoms with van der Waals surface area (Å²) < 4.78 is 9.63. The molecule has 0 aliphatic heterocycles. The van der Waals surface area contributed by atoms with E-state index in [9.17, 15) is 0 Å². The number of oxazole rings is 1. The molecule has 0 atom stereocenters. The quantitative estimate of drug-likeness (QED) is 0.443. The van der Waals surface area contributed by atoms with Crippen LogP contribution in [0.1, 0.15) is 16.7 Å². The average molecular weight is 355 g/mol. The maximum Gasteiger partial charge on any atom is 0.317 e. The molecule has 0 fully saturated rings. The third kappa shape index (κ3) is 2.35. The fraction of sp³-hybridized carbons (Fsp3) is 0.136. The summed E-state index contributed by atoms with van der Waals surface area (Å²) in [5.41, 5.74) is 8.36. The second kappa shape index (κ2) is 5.77. The van der Waals surface area contributed by atoms with Crippen LogP contribution in [0.4, 0.5) is 0 Å². The number of aromatic nitrogens is 4. The normalized spacial score (nSPS) is 11.5. The number of hydrogen-bond acceptors (Lipinski definition) is 3. The Morgan fingerprint density at radius 2 is 1.78 bits per heavy atom. The molecule has 0 bridgehead atoms. The van der Waals surface area contributed by atoms with Crippen molar-refractivity contribution in [3.63, 3.8) is 0 Å². The fourth-order valence-corrected chi connectivity index (χ4v) is 3.93. The van der Waals surface area contributed by atoms with Gasteiger partial charge in [0.05, 0.1) is 10.7 Å². The highest BCUT2D eigenvalue weighted by Gasteiger charge is 2.27. The van der Waals surface area contributed by atoms with E-state index in [2.05, 4.69) is 48.5 Å². The lowest BCUT2D eigenvalue weighted by Gasteiger charge is -2.10. The van der Waals surface area contributed by atoms with Crippen LogP contribution in [0, 0.1) is 20.8 Å². The highest BCUT2D eigenvalue weighted by molar-refractivity contribution is 5.87. The Bertz CT molecular complexity index is 1290. The molecule has 0 saturated carbocycles. The van der Waals surface area contributed by atoms with Crippen LogP contribution < -0.4 is 4.57 Å². The van der Waals surface area contributed by atoms with Gasteiger partial charge >= 0.3 is 5.82 Å². The molecule has 3 heterocycles. The summed E-state index contributed by atoms with van der Waals surface area (Å²) in [5, 5.41) is 4.89. The predicted molar refractivity (Wildman–Crippen MR) is 104 cm³/mol. The number of aryl methyl sites for hydroxylation is 3. The summed E-state index contributed by atoms with van der Waals surface area (Å²) in [5.74, 6) is 0.843. The van der Waals surface area contributed by atoms with E-state index >= 15 is 0 Å². The fourth-order valence-electron chi connectivity index (χ4n) is 3.93. The molecule has 0 aliphatic rings. The monoisotopic (exact) mass is 355 g/mol. The van der Waals surface area contributed by atoms with Crippen molar-refractivity contribution in [3.8, 4) is 17.1 Å². The van der Waals surface area contributed by atoms with E-state index < -0.39 is 0 Å². The first-order valence-electron chi connectivity index (χ1n) is 8.94. The zero-order valence-electron chi connectivity index (χ0n) is 15.5. The largest absolute Gasteiger partial charge is 0.443 e. The lowest BCUT2D eigenvalue weighted by atomic mass is 10.0. The molecule has 5 aromatic rings. The number of nitrogens with zero attached hydrogens (tertiary/aromatic N) is 4. The lowest BCUT2D eigenvalue weighted by molar-refractivity contribution is -0.557. The van der Waals surface area contributed by atoms with Crippen molar-refractivity contribution in [2.45, 2.75) is 20.8 Å². The van der Waals surface area contributed by atoms with E-state index in [4.69, 9.17) is 9.52 Å². The smallest absolute Gasteiger partial charge is 0.317 e. The van der Waals surface area contributed by atoms with Gasteiger partial charge < -0.3 is 4.42 Å². The molecule has 0 unspecified atom stereocenters. The predicted octanol–water partition coefficient (Wildman–Crippen LogP) is 4.34. The number of para-hydroxylation sites is 1. The van der Waals surface area contributed by atoms with Gasteiger partial charge in [0.2, 0.25) is 0 Å². The second-order valence-electron chi connectivity index (χ2n) is 6.91. The molecule has 0 radical (unpaired) electrons. The van der Waals surface area contributed by atoms with Gasteiger partial charge in [0, 0.05) is 6.07 Å². The lowest BCUT2D eigenvalue weighted by Crippen LogP contribution is -2.34. The van der Waals surface area contributed by atoms with Crippen LogP contribution in [0.3, 0.4) is 0 Å². The van der Waals surface area contributed by atoms with Crippen molar-refractivity contribution < 1.29 is 8.98 Å². The molecule has 0 saturated heterocycles. The molecule has 5 nitrogen and oxygen atoms in total. The molecule has 0 amide bonds. The van der Waals surface area contributed by atoms with Crippen molar-refractivity contribution in [1.82, 2.24) is 14.6 Å². The number of rotatable bonds is 2. The molecular formula is C22H19N4O+. The molecule has 5 rings (SSSR count). The SMILES string of the molecule is Cc1cc(C)c(-[n+]2c(-c3cccc4ocnc34)nn3ccccc32)c(C)c1. The van der Waals surface area contributed by atoms with Gasteiger partial charge in [-0.25, -0.2) is 4.98 Å². The Balaban J connectivity index is 1.93. The summed E-state index contributed by atoms with van der Waals surface area (Å²) in [6.07, 6.45) is 3.45. The maximum atomic E-state index is 5.51. The summed E-state index contributed by atoms with van der Waals surface area (Å²) >= 11 is 0. The first-order valence-corrected chi connectivity index (χ1v) is 8.94. The number of hydrogen-bond donors (Lipinski definition) is 0. The van der Waals surface area contributed by atoms with E-state index in [1.165, 1.54) is 23.1 Å². The number of fused-ring (bicyclic) bond motifs is 2. The molecule has 0 N–H and O–H groups in total. The molecule has 0 spiro atoms. The average Bonchev–Trinajstić information content (AvgIpc) is 3.26. The minimum atomic E-state index is 0.758. The van der Waals surface area contributed by atoms with Crippen molar-refractivity contribution >= 4 is 16.7 Å². The third-order valence-electron chi connectivity index (χ3n) is 4.92. The van der Waals surface area contributed by atoms with E-state index in [0.717, 1.165) is 33.8 Å². The van der Waals surface area contributed by atoms with Crippen LogP contribution in [-0.4, -0.2) is 14.6 Å². The van der Waals surface area contributed by atoms with E-state index in [1.807, 2.05) is 41.0 Å². The van der Waals surface area contributed by atoms with Crippen molar-refractivity contribution in [2.24, 2.45) is 0 Å². The van der Waals surface area contributed by atoms with Gasteiger partial charge in [-0.3, -0.25) is 0 Å². The standard InChI is InChI=1S/C22H19N4O/c1-14-11-15(2)21(16(3)12-14)26-19-9-4-5-10-25(19)24-22(26)17-7-6-8-18-20(17)23-13-27-18/h4-13H,1-3H3/q+1. The highest BCUT2D eigenvalue weighted by Crippen LogP contribution is 2.27. The summed E-state index contributed by atoms with van der Waals surface area (Å²) in [6.45, 7) is 6.42. The Morgan fingerprint density at radius 3 is 2.59 bits per heavy atom. The van der Waals surface area contributed by atoms with Crippen LogP contribution in [-0.2, 0) is 0 Å². The topological polar surface area (TPSA) is 47.2 Å². The van der Waals surface area contributed by atoms with E-state index in [1.54, 1.807) is 0 Å². The van der Waals surface area contributed by atoms with Gasteiger partial charge in [0.15, 0.2) is 12.0 Å². The van der Waals surface area contributed by atoms with E-state index in [0.29, 0.717) is 0 Å². The Labute approximate surface area is 156 Å². The van der Waals surface area contributed by atoms with Crippen molar-refractivity contribution in [1.29, 1.82) is 0 Å². The van der Waals surface area contributed by atoms with Crippen molar-refractivity contribution in [2.75, 3.05) is 0 Å². The number of pyridine rings is 1. The minimum Gasteiger partial charge on any atom is -0.443 e. The Kier molecular flexibility index (Phi) is 3.37. The van der Waals surface area contributed by atoms with Crippen LogP contribution in [0.15, 0.2) is 65.5 Å². The molecule has 0 aliphatic carbocycles. The van der Waals surface area contributed by atoms with Gasteiger partial charge in [-0.1, -0.05) is 34.3 Å². The number of benzene rings is 2. The molecule has 132 valence electrons. The van der Waals surface area contributed by atoms with Gasteiger partial charge in [-0.15, -0.1) is 0 Å². The van der Waals surface area contributed by atoms with Gasteiger partial charge in [0.25, 0.3) is 5.65 Å². The third-order valence-corrected chi connectivity index (χ3v) is 4.92. The molecule has 27 heavy (non-hydrogen) atoms. The molecule has 3 aromatic heterocycles. The van der Waals surface area contributed by atoms with Crippen molar-refractivity contribution in [3.05, 3.63) is 77.8 Å². The summed E-state index contributed by atoms with van der Waals surface area (Å²) in [6, 6.07) is 16.5. The van der Waals surface area contributed by atoms with Crippen LogP contribution >= 0.6 is 0 Å². The van der Waals surface area contributed by atoms with Crippen LogP contribution in [0.5, 0.6) is 0 Å². The zero-order chi connectivity index (χ0) is 18.5. The highest BCUT2D eigenvalue weighted by atomic mass is 16.3. The zero-order valence-corrected chi connectivity index (χ0v) is 15.5. The van der Waals surface area contributed by atoms with Gasteiger partial charge in [-0.05, 0) is 50.1 Å². The van der Waals surface area contributed by atoms with Crippen LogP contribution in [0.25, 0.3) is 33.8 Å². The van der Waals surface area contributed by atoms with Gasteiger partial charge in [0.1, 0.15) is 17.4 Å². The second-order valence-corrected chi connectivity index (χ2v) is 6.91. The maximum absolute atomic E-state index is 5.51. The van der Waals surface area contributed by atoms with Gasteiger partial charge in [-0.2, -0.15) is 4.57 Å². The molecule has 2 aromatic carbocycles. The first-order chi connectivity index (χ1) is 13.1. The first kappa shape index (κ1) is 15.8.